The monoisotopic (exact) mass is 353 g/mol. The fourth-order valence-corrected chi connectivity index (χ4v) is 2.62. The predicted molar refractivity (Wildman–Crippen MR) is 93.5 cm³/mol. The van der Waals surface area contributed by atoms with Crippen molar-refractivity contribution < 1.29 is 28.9 Å². The number of carbonyl (C=O) groups is 2. The maximum atomic E-state index is 12.4. The fourth-order valence-electron chi connectivity index (χ4n) is 2.62. The van der Waals surface area contributed by atoms with Crippen molar-refractivity contribution in [3.05, 3.63) is 17.7 Å². The van der Waals surface area contributed by atoms with E-state index in [-0.39, 0.29) is 24.8 Å². The Kier molecular flexibility index (Phi) is 8.04. The summed E-state index contributed by atoms with van der Waals surface area (Å²) < 4.78 is 16.0. The van der Waals surface area contributed by atoms with E-state index in [9.17, 15) is 9.59 Å². The lowest BCUT2D eigenvalue weighted by atomic mass is 10.1. The van der Waals surface area contributed by atoms with Crippen molar-refractivity contribution in [2.75, 3.05) is 34.4 Å². The lowest BCUT2D eigenvalue weighted by Gasteiger charge is -2.23. The lowest BCUT2D eigenvalue weighted by Crippen LogP contribution is -2.38. The Balaban J connectivity index is 2.91. The minimum Gasteiger partial charge on any atom is -0.493 e. The molecule has 1 aromatic rings. The van der Waals surface area contributed by atoms with Crippen LogP contribution in [0.2, 0.25) is 0 Å². The number of rotatable bonds is 10. The van der Waals surface area contributed by atoms with Gasteiger partial charge in [-0.25, -0.2) is 0 Å². The highest BCUT2D eigenvalue weighted by atomic mass is 16.5. The summed E-state index contributed by atoms with van der Waals surface area (Å²) in [5, 5.41) is 8.99. The molecule has 0 aromatic heterocycles. The van der Waals surface area contributed by atoms with Gasteiger partial charge >= 0.3 is 5.97 Å². The molecule has 0 aliphatic rings. The Bertz CT molecular complexity index is 599. The van der Waals surface area contributed by atoms with Crippen LogP contribution < -0.4 is 14.2 Å². The molecule has 0 heterocycles. The molecule has 0 aliphatic carbocycles. The molecule has 7 nitrogen and oxygen atoms in total. The molecule has 0 atom stereocenters. The average Bonchev–Trinajstić information content (AvgIpc) is 2.56. The summed E-state index contributed by atoms with van der Waals surface area (Å²) in [5.41, 5.74) is 0.799. The highest BCUT2D eigenvalue weighted by molar-refractivity contribution is 5.81. The minimum absolute atomic E-state index is 0.186. The molecule has 0 spiro atoms. The number of hydrogen-bond acceptors (Lipinski definition) is 5. The van der Waals surface area contributed by atoms with E-state index >= 15 is 0 Å². The normalized spacial score (nSPS) is 10.5. The third kappa shape index (κ3) is 5.85. The van der Waals surface area contributed by atoms with Crippen LogP contribution in [0.3, 0.4) is 0 Å². The molecule has 0 radical (unpaired) electrons. The highest BCUT2D eigenvalue weighted by Crippen LogP contribution is 2.40. The Labute approximate surface area is 148 Å². The van der Waals surface area contributed by atoms with Gasteiger partial charge in [0.1, 0.15) is 6.54 Å². The maximum Gasteiger partial charge on any atom is 0.323 e. The van der Waals surface area contributed by atoms with Crippen LogP contribution in [0.1, 0.15) is 25.8 Å². The zero-order chi connectivity index (χ0) is 19.0. The van der Waals surface area contributed by atoms with Crippen LogP contribution in [0.25, 0.3) is 0 Å². The highest BCUT2D eigenvalue weighted by Gasteiger charge is 2.20. The first-order chi connectivity index (χ1) is 11.8. The number of benzene rings is 1. The first-order valence-corrected chi connectivity index (χ1v) is 8.11. The van der Waals surface area contributed by atoms with Gasteiger partial charge in [-0.15, -0.1) is 0 Å². The van der Waals surface area contributed by atoms with E-state index in [4.69, 9.17) is 19.3 Å². The van der Waals surface area contributed by atoms with Crippen LogP contribution in [0, 0.1) is 5.92 Å². The Morgan fingerprint density at radius 2 is 1.72 bits per heavy atom. The van der Waals surface area contributed by atoms with Gasteiger partial charge < -0.3 is 24.2 Å². The van der Waals surface area contributed by atoms with Crippen LogP contribution in [-0.2, 0) is 16.0 Å². The smallest absolute Gasteiger partial charge is 0.323 e. The third-order valence-corrected chi connectivity index (χ3v) is 3.66. The van der Waals surface area contributed by atoms with Gasteiger partial charge in [0.2, 0.25) is 11.7 Å². The van der Waals surface area contributed by atoms with Gasteiger partial charge in [-0.3, -0.25) is 9.59 Å². The molecule has 1 amide bonds. The molecule has 0 saturated carbocycles. The second-order valence-electron chi connectivity index (χ2n) is 6.06. The van der Waals surface area contributed by atoms with E-state index in [1.807, 2.05) is 19.9 Å². The fraction of sp³-hybridized carbons (Fsp3) is 0.556. The van der Waals surface area contributed by atoms with Crippen molar-refractivity contribution in [1.29, 1.82) is 0 Å². The number of ether oxygens (including phenoxy) is 3. The van der Waals surface area contributed by atoms with Crippen molar-refractivity contribution in [2.24, 2.45) is 5.92 Å². The molecule has 25 heavy (non-hydrogen) atoms. The number of aliphatic carboxylic acids is 1. The first-order valence-electron chi connectivity index (χ1n) is 8.11. The number of nitrogens with zero attached hydrogens (tertiary/aromatic N) is 1. The molecule has 1 aromatic carbocycles. The number of aryl methyl sites for hydroxylation is 1. The van der Waals surface area contributed by atoms with Gasteiger partial charge in [-0.05, 0) is 24.0 Å². The Hall–Kier alpha value is -2.44. The molecule has 7 heteroatoms. The summed E-state index contributed by atoms with van der Waals surface area (Å²) in [6.45, 7) is 4.01. The van der Waals surface area contributed by atoms with Crippen LogP contribution in [0.15, 0.2) is 12.1 Å². The van der Waals surface area contributed by atoms with Crippen LogP contribution >= 0.6 is 0 Å². The van der Waals surface area contributed by atoms with E-state index in [1.165, 1.54) is 26.2 Å². The van der Waals surface area contributed by atoms with Gasteiger partial charge in [-0.2, -0.15) is 0 Å². The summed E-state index contributed by atoms with van der Waals surface area (Å²) in [4.78, 5) is 24.8. The van der Waals surface area contributed by atoms with Gasteiger partial charge in [0.15, 0.2) is 11.5 Å². The summed E-state index contributed by atoms with van der Waals surface area (Å²) in [7, 11) is 4.58. The van der Waals surface area contributed by atoms with Crippen molar-refractivity contribution in [2.45, 2.75) is 26.7 Å². The van der Waals surface area contributed by atoms with E-state index in [1.54, 1.807) is 6.07 Å². The zero-order valence-corrected chi connectivity index (χ0v) is 15.5. The Morgan fingerprint density at radius 1 is 1.08 bits per heavy atom. The number of amides is 1. The molecular formula is C18H27NO6. The molecule has 0 bridgehead atoms. The second kappa shape index (κ2) is 9.76. The molecule has 0 saturated heterocycles. The molecular weight excluding hydrogens is 326 g/mol. The van der Waals surface area contributed by atoms with Crippen molar-refractivity contribution in [3.63, 3.8) is 0 Å². The standard InChI is InChI=1S/C18H27NO6/c1-12(2)10-19(11-16(21)22)15(20)9-7-13-6-8-14(23-3)18(25-5)17(13)24-4/h6,8,12H,7,9-11H2,1-5H3,(H,21,22). The van der Waals surface area contributed by atoms with Crippen molar-refractivity contribution >= 4 is 11.9 Å². The molecule has 0 aliphatic heterocycles. The minimum atomic E-state index is -1.02. The molecule has 140 valence electrons. The van der Waals surface area contributed by atoms with Crippen LogP contribution in [0.4, 0.5) is 0 Å². The van der Waals surface area contributed by atoms with E-state index < -0.39 is 5.97 Å². The quantitative estimate of drug-likeness (QED) is 0.694. The summed E-state index contributed by atoms with van der Waals surface area (Å²) in [6, 6.07) is 3.57. The van der Waals surface area contributed by atoms with Gasteiger partial charge in [0, 0.05) is 13.0 Å². The molecule has 0 fully saturated rings. The van der Waals surface area contributed by atoms with Crippen molar-refractivity contribution in [3.8, 4) is 17.2 Å². The van der Waals surface area contributed by atoms with E-state index in [0.717, 1.165) is 5.56 Å². The molecule has 1 rings (SSSR count). The second-order valence-corrected chi connectivity index (χ2v) is 6.06. The number of hydrogen-bond donors (Lipinski definition) is 1. The molecule has 0 unspecified atom stereocenters. The summed E-state index contributed by atoms with van der Waals surface area (Å²) in [5.74, 6) is 0.508. The molecule has 1 N–H and O–H groups in total. The largest absolute Gasteiger partial charge is 0.493 e. The van der Waals surface area contributed by atoms with Gasteiger partial charge in [-0.1, -0.05) is 19.9 Å². The van der Waals surface area contributed by atoms with Crippen LogP contribution in [-0.4, -0.2) is 56.3 Å². The topological polar surface area (TPSA) is 85.3 Å². The summed E-state index contributed by atoms with van der Waals surface area (Å²) in [6.07, 6.45) is 0.600. The van der Waals surface area contributed by atoms with Gasteiger partial charge in [0.25, 0.3) is 0 Å². The summed E-state index contributed by atoms with van der Waals surface area (Å²) >= 11 is 0. The van der Waals surface area contributed by atoms with Crippen LogP contribution in [0.5, 0.6) is 17.2 Å². The number of carboxylic acid groups (broad SMARTS) is 1. The predicted octanol–water partition coefficient (Wildman–Crippen LogP) is 2.21. The van der Waals surface area contributed by atoms with E-state index in [0.29, 0.717) is 30.2 Å². The van der Waals surface area contributed by atoms with E-state index in [2.05, 4.69) is 0 Å². The number of carbonyl (C=O) groups excluding carboxylic acids is 1. The number of methoxy groups -OCH3 is 3. The number of carboxylic acids is 1. The SMILES string of the molecule is COc1ccc(CCC(=O)N(CC(=O)O)CC(C)C)c(OC)c1OC. The maximum absolute atomic E-state index is 12.4. The third-order valence-electron chi connectivity index (χ3n) is 3.66. The first kappa shape index (κ1) is 20.6. The Morgan fingerprint density at radius 3 is 2.20 bits per heavy atom. The average molecular weight is 353 g/mol. The zero-order valence-electron chi connectivity index (χ0n) is 15.5. The van der Waals surface area contributed by atoms with Gasteiger partial charge in [0.05, 0.1) is 21.3 Å². The van der Waals surface area contributed by atoms with Crippen molar-refractivity contribution in [1.82, 2.24) is 4.90 Å². The lowest BCUT2D eigenvalue weighted by molar-refractivity contribution is -0.144.